The van der Waals surface area contributed by atoms with Crippen LogP contribution >= 0.6 is 0 Å². The van der Waals surface area contributed by atoms with Gasteiger partial charge >= 0.3 is 5.97 Å². The topological polar surface area (TPSA) is 49.3 Å². The maximum absolute atomic E-state index is 10.9. The summed E-state index contributed by atoms with van der Waals surface area (Å²) in [6.07, 6.45) is 1.05. The standard InChI is InChI=1S/C14H21NO2/c1-11(2)15-9-8-13(10-14(16)17)12-6-4-3-5-7-12/h3-7,11,13,15H,8-10H2,1-2H3,(H,16,17). The van der Waals surface area contributed by atoms with Gasteiger partial charge < -0.3 is 10.4 Å². The van der Waals surface area contributed by atoms with Crippen LogP contribution in [-0.2, 0) is 4.79 Å². The fourth-order valence-corrected chi connectivity index (χ4v) is 1.87. The van der Waals surface area contributed by atoms with Crippen LogP contribution in [0.4, 0.5) is 0 Å². The number of carbonyl (C=O) groups is 1. The highest BCUT2D eigenvalue weighted by atomic mass is 16.4. The molecule has 0 bridgehead atoms. The summed E-state index contributed by atoms with van der Waals surface area (Å²) >= 11 is 0. The third kappa shape index (κ3) is 5.50. The molecule has 0 aliphatic carbocycles. The summed E-state index contributed by atoms with van der Waals surface area (Å²) in [5.74, 6) is -0.636. The molecule has 1 rings (SSSR count). The SMILES string of the molecule is CC(C)NCCC(CC(=O)O)c1ccccc1. The monoisotopic (exact) mass is 235 g/mol. The first-order valence-corrected chi connectivity index (χ1v) is 6.09. The minimum Gasteiger partial charge on any atom is -0.481 e. The molecule has 94 valence electrons. The predicted octanol–water partition coefficient (Wildman–Crippen LogP) is 2.63. The molecule has 3 heteroatoms. The van der Waals surface area contributed by atoms with E-state index < -0.39 is 5.97 Å². The molecule has 0 aromatic heterocycles. The summed E-state index contributed by atoms with van der Waals surface area (Å²) in [7, 11) is 0. The van der Waals surface area contributed by atoms with E-state index >= 15 is 0 Å². The third-order valence-corrected chi connectivity index (χ3v) is 2.74. The molecular weight excluding hydrogens is 214 g/mol. The molecule has 0 saturated carbocycles. The van der Waals surface area contributed by atoms with E-state index in [9.17, 15) is 4.79 Å². The van der Waals surface area contributed by atoms with Gasteiger partial charge in [-0.25, -0.2) is 0 Å². The second-order valence-corrected chi connectivity index (χ2v) is 4.60. The number of aliphatic carboxylic acids is 1. The molecule has 1 aromatic rings. The number of nitrogens with one attached hydrogen (secondary N) is 1. The average Bonchev–Trinajstić information content (AvgIpc) is 2.28. The first kappa shape index (κ1) is 13.7. The molecule has 0 aliphatic rings. The molecule has 3 nitrogen and oxygen atoms in total. The maximum Gasteiger partial charge on any atom is 0.303 e. The van der Waals surface area contributed by atoms with Gasteiger partial charge in [0.2, 0.25) is 0 Å². The number of hydrogen-bond donors (Lipinski definition) is 2. The second-order valence-electron chi connectivity index (χ2n) is 4.60. The van der Waals surface area contributed by atoms with Crippen molar-refractivity contribution in [2.75, 3.05) is 6.54 Å². The Kier molecular flexibility index (Phi) is 5.70. The first-order valence-electron chi connectivity index (χ1n) is 6.09. The van der Waals surface area contributed by atoms with Crippen molar-refractivity contribution >= 4 is 5.97 Å². The number of benzene rings is 1. The molecule has 0 spiro atoms. The van der Waals surface area contributed by atoms with Crippen LogP contribution in [0.1, 0.15) is 38.2 Å². The smallest absolute Gasteiger partial charge is 0.303 e. The molecule has 1 aromatic carbocycles. The van der Waals surface area contributed by atoms with E-state index in [1.807, 2.05) is 30.3 Å². The molecule has 1 atom stereocenters. The fourth-order valence-electron chi connectivity index (χ4n) is 1.87. The Labute approximate surface area is 103 Å². The van der Waals surface area contributed by atoms with E-state index in [0.717, 1.165) is 18.5 Å². The predicted molar refractivity (Wildman–Crippen MR) is 69.2 cm³/mol. The lowest BCUT2D eigenvalue weighted by Crippen LogP contribution is -2.25. The second kappa shape index (κ2) is 7.07. The van der Waals surface area contributed by atoms with Gasteiger partial charge in [-0.2, -0.15) is 0 Å². The van der Waals surface area contributed by atoms with Crippen LogP contribution in [-0.4, -0.2) is 23.7 Å². The zero-order chi connectivity index (χ0) is 12.7. The van der Waals surface area contributed by atoms with Crippen LogP contribution in [0.15, 0.2) is 30.3 Å². The molecule has 0 radical (unpaired) electrons. The Morgan fingerprint density at radius 3 is 2.47 bits per heavy atom. The molecule has 1 unspecified atom stereocenters. The molecule has 0 fully saturated rings. The average molecular weight is 235 g/mol. The highest BCUT2D eigenvalue weighted by Gasteiger charge is 2.14. The Morgan fingerprint density at radius 1 is 1.29 bits per heavy atom. The molecular formula is C14H21NO2. The third-order valence-electron chi connectivity index (χ3n) is 2.74. The summed E-state index contributed by atoms with van der Waals surface area (Å²) in [4.78, 5) is 10.9. The Hall–Kier alpha value is -1.35. The first-order chi connectivity index (χ1) is 8.09. The van der Waals surface area contributed by atoms with E-state index in [4.69, 9.17) is 5.11 Å². The Balaban J connectivity index is 2.58. The van der Waals surface area contributed by atoms with E-state index in [2.05, 4.69) is 19.2 Å². The van der Waals surface area contributed by atoms with E-state index in [1.54, 1.807) is 0 Å². The van der Waals surface area contributed by atoms with Crippen LogP contribution in [0.3, 0.4) is 0 Å². The van der Waals surface area contributed by atoms with Crippen LogP contribution in [0, 0.1) is 0 Å². The summed E-state index contributed by atoms with van der Waals surface area (Å²) in [5.41, 5.74) is 1.11. The minimum absolute atomic E-state index is 0.0972. The zero-order valence-electron chi connectivity index (χ0n) is 10.5. The Bertz CT molecular complexity index is 335. The number of carboxylic acids is 1. The van der Waals surface area contributed by atoms with Gasteiger partial charge in [-0.1, -0.05) is 44.2 Å². The minimum atomic E-state index is -0.733. The lowest BCUT2D eigenvalue weighted by molar-refractivity contribution is -0.137. The molecule has 0 saturated heterocycles. The van der Waals surface area contributed by atoms with Gasteiger partial charge in [0.05, 0.1) is 6.42 Å². The van der Waals surface area contributed by atoms with Crippen molar-refractivity contribution in [1.82, 2.24) is 5.32 Å². The van der Waals surface area contributed by atoms with E-state index in [1.165, 1.54) is 0 Å². The van der Waals surface area contributed by atoms with E-state index in [-0.39, 0.29) is 12.3 Å². The van der Waals surface area contributed by atoms with Gasteiger partial charge in [-0.3, -0.25) is 4.79 Å². The fraction of sp³-hybridized carbons (Fsp3) is 0.500. The summed E-state index contributed by atoms with van der Waals surface area (Å²) in [5, 5.41) is 12.3. The summed E-state index contributed by atoms with van der Waals surface area (Å²) in [6.45, 7) is 5.04. The quantitative estimate of drug-likeness (QED) is 0.764. The molecule has 0 aliphatic heterocycles. The van der Waals surface area contributed by atoms with E-state index in [0.29, 0.717) is 6.04 Å². The van der Waals surface area contributed by atoms with Gasteiger partial charge in [0, 0.05) is 6.04 Å². The van der Waals surface area contributed by atoms with Crippen LogP contribution < -0.4 is 5.32 Å². The van der Waals surface area contributed by atoms with Crippen molar-refractivity contribution in [3.05, 3.63) is 35.9 Å². The zero-order valence-corrected chi connectivity index (χ0v) is 10.5. The van der Waals surface area contributed by atoms with Gasteiger partial charge in [0.1, 0.15) is 0 Å². The largest absolute Gasteiger partial charge is 0.481 e. The van der Waals surface area contributed by atoms with Gasteiger partial charge in [0.15, 0.2) is 0 Å². The van der Waals surface area contributed by atoms with Gasteiger partial charge in [-0.05, 0) is 24.4 Å². The van der Waals surface area contributed by atoms with Gasteiger partial charge in [0.25, 0.3) is 0 Å². The van der Waals surface area contributed by atoms with Crippen molar-refractivity contribution in [2.24, 2.45) is 0 Å². The summed E-state index contributed by atoms with van der Waals surface area (Å²) < 4.78 is 0. The molecule has 2 N–H and O–H groups in total. The molecule has 0 amide bonds. The van der Waals surface area contributed by atoms with Gasteiger partial charge in [-0.15, -0.1) is 0 Å². The van der Waals surface area contributed by atoms with Crippen LogP contribution in [0.5, 0.6) is 0 Å². The Morgan fingerprint density at radius 2 is 1.94 bits per heavy atom. The highest BCUT2D eigenvalue weighted by molar-refractivity contribution is 5.68. The molecule has 0 heterocycles. The number of carboxylic acid groups (broad SMARTS) is 1. The number of rotatable bonds is 7. The lowest BCUT2D eigenvalue weighted by atomic mass is 9.92. The lowest BCUT2D eigenvalue weighted by Gasteiger charge is -2.16. The van der Waals surface area contributed by atoms with Crippen molar-refractivity contribution in [3.63, 3.8) is 0 Å². The van der Waals surface area contributed by atoms with Crippen LogP contribution in [0.25, 0.3) is 0 Å². The van der Waals surface area contributed by atoms with Crippen molar-refractivity contribution in [1.29, 1.82) is 0 Å². The molecule has 17 heavy (non-hydrogen) atoms. The van der Waals surface area contributed by atoms with Crippen molar-refractivity contribution < 1.29 is 9.90 Å². The highest BCUT2D eigenvalue weighted by Crippen LogP contribution is 2.22. The summed E-state index contributed by atoms with van der Waals surface area (Å²) in [6, 6.07) is 10.3. The number of hydrogen-bond acceptors (Lipinski definition) is 2. The van der Waals surface area contributed by atoms with Crippen LogP contribution in [0.2, 0.25) is 0 Å². The maximum atomic E-state index is 10.9. The van der Waals surface area contributed by atoms with Crippen molar-refractivity contribution in [3.8, 4) is 0 Å². The normalized spacial score (nSPS) is 12.6. The van der Waals surface area contributed by atoms with Crippen molar-refractivity contribution in [2.45, 2.75) is 38.6 Å².